The van der Waals surface area contributed by atoms with Gasteiger partial charge in [-0.25, -0.2) is 0 Å². The van der Waals surface area contributed by atoms with Crippen LogP contribution in [-0.4, -0.2) is 10.9 Å². The SMILES string of the molecule is CC.CC(=O)CC(O)c1ccccc1. The third-order valence-corrected chi connectivity index (χ3v) is 1.67. The van der Waals surface area contributed by atoms with Crippen molar-refractivity contribution in [2.24, 2.45) is 0 Å². The summed E-state index contributed by atoms with van der Waals surface area (Å²) in [5, 5.41) is 9.47. The molecule has 2 nitrogen and oxygen atoms in total. The molecule has 1 rings (SSSR count). The first-order valence-electron chi connectivity index (χ1n) is 4.92. The number of benzene rings is 1. The van der Waals surface area contributed by atoms with Gasteiger partial charge in [0.05, 0.1) is 6.10 Å². The van der Waals surface area contributed by atoms with Gasteiger partial charge in [-0.1, -0.05) is 44.2 Å². The van der Waals surface area contributed by atoms with Gasteiger partial charge >= 0.3 is 0 Å². The van der Waals surface area contributed by atoms with Gasteiger partial charge in [-0.3, -0.25) is 4.79 Å². The summed E-state index contributed by atoms with van der Waals surface area (Å²) in [6.07, 6.45) is -0.451. The summed E-state index contributed by atoms with van der Waals surface area (Å²) in [4.78, 5) is 10.7. The van der Waals surface area contributed by atoms with Crippen molar-refractivity contribution in [3.05, 3.63) is 35.9 Å². The standard InChI is InChI=1S/C10H12O2.C2H6/c1-8(11)7-10(12)9-5-3-2-4-6-9;1-2/h2-6,10,12H,7H2,1H3;1-2H3. The molecule has 0 saturated carbocycles. The lowest BCUT2D eigenvalue weighted by Crippen LogP contribution is -2.02. The smallest absolute Gasteiger partial charge is 0.132 e. The molecule has 0 aromatic heterocycles. The zero-order chi connectivity index (χ0) is 11.0. The summed E-state index contributed by atoms with van der Waals surface area (Å²) in [5.41, 5.74) is 0.799. The molecule has 0 fully saturated rings. The van der Waals surface area contributed by atoms with Gasteiger partial charge < -0.3 is 5.11 Å². The summed E-state index contributed by atoms with van der Waals surface area (Å²) in [5.74, 6) is 0.00588. The number of aliphatic hydroxyl groups is 1. The zero-order valence-electron chi connectivity index (χ0n) is 9.03. The van der Waals surface area contributed by atoms with Gasteiger partial charge in [0.15, 0.2) is 0 Å². The van der Waals surface area contributed by atoms with Crippen LogP contribution in [0.4, 0.5) is 0 Å². The summed E-state index contributed by atoms with van der Waals surface area (Å²) in [6.45, 7) is 5.48. The van der Waals surface area contributed by atoms with Gasteiger partial charge in [-0.05, 0) is 12.5 Å². The Hall–Kier alpha value is -1.15. The molecule has 0 spiro atoms. The highest BCUT2D eigenvalue weighted by Crippen LogP contribution is 2.15. The van der Waals surface area contributed by atoms with E-state index < -0.39 is 6.10 Å². The monoisotopic (exact) mass is 194 g/mol. The number of aliphatic hydroxyl groups excluding tert-OH is 1. The highest BCUT2D eigenvalue weighted by Gasteiger charge is 2.08. The maximum absolute atomic E-state index is 10.7. The number of carbonyl (C=O) groups excluding carboxylic acids is 1. The first kappa shape index (κ1) is 12.8. The predicted octanol–water partition coefficient (Wildman–Crippen LogP) is 2.73. The van der Waals surface area contributed by atoms with Crippen molar-refractivity contribution < 1.29 is 9.90 Å². The fourth-order valence-electron chi connectivity index (χ4n) is 1.07. The number of rotatable bonds is 3. The molecule has 0 heterocycles. The van der Waals surface area contributed by atoms with Gasteiger partial charge in [0.1, 0.15) is 5.78 Å². The topological polar surface area (TPSA) is 37.3 Å². The van der Waals surface area contributed by atoms with Gasteiger partial charge in [0.2, 0.25) is 0 Å². The molecule has 0 bridgehead atoms. The van der Waals surface area contributed by atoms with Crippen LogP contribution in [0.15, 0.2) is 30.3 Å². The van der Waals surface area contributed by atoms with E-state index >= 15 is 0 Å². The molecular formula is C12H18O2. The van der Waals surface area contributed by atoms with Crippen molar-refractivity contribution in [1.82, 2.24) is 0 Å². The van der Waals surface area contributed by atoms with Gasteiger partial charge in [-0.15, -0.1) is 0 Å². The van der Waals surface area contributed by atoms with Gasteiger partial charge in [-0.2, -0.15) is 0 Å². The summed E-state index contributed by atoms with van der Waals surface area (Å²) >= 11 is 0. The Morgan fingerprint density at radius 3 is 2.21 bits per heavy atom. The lowest BCUT2D eigenvalue weighted by Gasteiger charge is -2.07. The molecule has 1 N–H and O–H groups in total. The zero-order valence-corrected chi connectivity index (χ0v) is 9.03. The Labute approximate surface area is 85.6 Å². The molecule has 1 unspecified atom stereocenters. The van der Waals surface area contributed by atoms with Crippen molar-refractivity contribution >= 4 is 5.78 Å². The number of hydrogen-bond donors (Lipinski definition) is 1. The lowest BCUT2D eigenvalue weighted by molar-refractivity contribution is -0.118. The summed E-state index contributed by atoms with van der Waals surface area (Å²) in [7, 11) is 0. The van der Waals surface area contributed by atoms with Crippen LogP contribution in [0.5, 0.6) is 0 Å². The minimum atomic E-state index is -0.649. The van der Waals surface area contributed by atoms with Crippen LogP contribution in [0, 0.1) is 0 Å². The molecule has 0 saturated heterocycles. The first-order valence-corrected chi connectivity index (χ1v) is 4.92. The van der Waals surface area contributed by atoms with Crippen molar-refractivity contribution in [2.45, 2.75) is 33.3 Å². The van der Waals surface area contributed by atoms with Crippen LogP contribution >= 0.6 is 0 Å². The maximum Gasteiger partial charge on any atom is 0.132 e. The second-order valence-electron chi connectivity index (χ2n) is 2.83. The molecule has 14 heavy (non-hydrogen) atoms. The predicted molar refractivity (Wildman–Crippen MR) is 58.0 cm³/mol. The average molecular weight is 194 g/mol. The van der Waals surface area contributed by atoms with E-state index in [0.717, 1.165) is 5.56 Å². The minimum Gasteiger partial charge on any atom is -0.388 e. The Balaban J connectivity index is 0.000000791. The maximum atomic E-state index is 10.7. The number of Topliss-reactive ketones (excluding diaryl/α,β-unsaturated/α-hetero) is 1. The summed E-state index contributed by atoms with van der Waals surface area (Å²) < 4.78 is 0. The minimum absolute atomic E-state index is 0.00588. The van der Waals surface area contributed by atoms with E-state index in [1.54, 1.807) is 0 Å². The van der Waals surface area contributed by atoms with E-state index in [-0.39, 0.29) is 12.2 Å². The van der Waals surface area contributed by atoms with E-state index in [1.807, 2.05) is 44.2 Å². The van der Waals surface area contributed by atoms with Crippen molar-refractivity contribution in [2.75, 3.05) is 0 Å². The molecule has 2 heteroatoms. The molecule has 1 atom stereocenters. The third-order valence-electron chi connectivity index (χ3n) is 1.67. The fraction of sp³-hybridized carbons (Fsp3) is 0.417. The molecular weight excluding hydrogens is 176 g/mol. The first-order chi connectivity index (χ1) is 6.70. The quantitative estimate of drug-likeness (QED) is 0.803. The Bertz CT molecular complexity index is 254. The van der Waals surface area contributed by atoms with E-state index in [1.165, 1.54) is 6.92 Å². The Morgan fingerprint density at radius 2 is 1.79 bits per heavy atom. The molecule has 0 amide bonds. The normalized spacial score (nSPS) is 11.1. The molecule has 1 aromatic carbocycles. The van der Waals surface area contributed by atoms with Crippen LogP contribution in [0.25, 0.3) is 0 Å². The number of ketones is 1. The van der Waals surface area contributed by atoms with Crippen LogP contribution in [-0.2, 0) is 4.79 Å². The van der Waals surface area contributed by atoms with Gasteiger partial charge in [0.25, 0.3) is 0 Å². The Kier molecular flexibility index (Phi) is 6.68. The lowest BCUT2D eigenvalue weighted by atomic mass is 10.1. The fourth-order valence-corrected chi connectivity index (χ4v) is 1.07. The van der Waals surface area contributed by atoms with Crippen LogP contribution in [0.3, 0.4) is 0 Å². The van der Waals surface area contributed by atoms with E-state index in [4.69, 9.17) is 0 Å². The molecule has 0 radical (unpaired) electrons. The second-order valence-corrected chi connectivity index (χ2v) is 2.83. The molecule has 1 aromatic rings. The molecule has 0 aliphatic rings. The largest absolute Gasteiger partial charge is 0.388 e. The van der Waals surface area contributed by atoms with E-state index in [0.29, 0.717) is 0 Å². The second kappa shape index (κ2) is 7.27. The van der Waals surface area contributed by atoms with E-state index in [9.17, 15) is 9.90 Å². The van der Waals surface area contributed by atoms with Crippen molar-refractivity contribution in [1.29, 1.82) is 0 Å². The van der Waals surface area contributed by atoms with Crippen LogP contribution in [0.2, 0.25) is 0 Å². The van der Waals surface area contributed by atoms with Crippen molar-refractivity contribution in [3.8, 4) is 0 Å². The Morgan fingerprint density at radius 1 is 1.29 bits per heavy atom. The molecule has 0 aliphatic heterocycles. The molecule has 78 valence electrons. The third kappa shape index (κ3) is 4.77. The number of carbonyl (C=O) groups is 1. The average Bonchev–Trinajstić information content (AvgIpc) is 2.21. The van der Waals surface area contributed by atoms with Gasteiger partial charge in [0, 0.05) is 6.42 Å². The van der Waals surface area contributed by atoms with Crippen LogP contribution < -0.4 is 0 Å². The van der Waals surface area contributed by atoms with Crippen molar-refractivity contribution in [3.63, 3.8) is 0 Å². The highest BCUT2D eigenvalue weighted by molar-refractivity contribution is 5.76. The molecule has 0 aliphatic carbocycles. The number of hydrogen-bond acceptors (Lipinski definition) is 2. The van der Waals surface area contributed by atoms with E-state index in [2.05, 4.69) is 0 Å². The van der Waals surface area contributed by atoms with Crippen LogP contribution in [0.1, 0.15) is 38.9 Å². The highest BCUT2D eigenvalue weighted by atomic mass is 16.3. The summed E-state index contributed by atoms with van der Waals surface area (Å²) in [6, 6.07) is 9.20.